The first-order chi connectivity index (χ1) is 21.3. The molecule has 46 heavy (non-hydrogen) atoms. The summed E-state index contributed by atoms with van der Waals surface area (Å²) in [5.74, 6) is -0.335. The first-order valence-electron chi connectivity index (χ1n) is 17.5. The Labute approximate surface area is 273 Å². The maximum absolute atomic E-state index is 14.4. The van der Waals surface area contributed by atoms with E-state index in [0.717, 1.165) is 31.3 Å². The topological polar surface area (TPSA) is 177 Å². The minimum atomic E-state index is -1.66. The molecule has 0 bridgehead atoms. The molecule has 5 aliphatic carbocycles. The molecule has 6 fully saturated rings. The lowest BCUT2D eigenvalue weighted by molar-refractivity contribution is -0.302. The first kappa shape index (κ1) is 34.7. The number of hydrogen-bond donors (Lipinski definition) is 7. The van der Waals surface area contributed by atoms with Crippen molar-refractivity contribution in [1.29, 1.82) is 0 Å². The van der Waals surface area contributed by atoms with Gasteiger partial charge in [0.25, 0.3) is 0 Å². The molecule has 1 aliphatic heterocycles. The monoisotopic (exact) mass is 650 g/mol. The van der Waals surface area contributed by atoms with E-state index in [1.807, 2.05) is 20.8 Å². The SMILES string of the molecule is C=C(C)[C@@H]1CC[C@]2(C(=O)O[C@@H]3O[C@H](CO)[C@@H](O)[C@H](O)[C@H]3O)CC[C@]3(C)[C@H](CC[C@@H]4[C@@]5(C)C[C@@H](O)[C@H](O)C(C)(C)[C@@H]5[C@H](O)C[C@]43C)[C@@H]12. The lowest BCUT2D eigenvalue weighted by Gasteiger charge is -2.73. The van der Waals surface area contributed by atoms with Gasteiger partial charge in [-0.3, -0.25) is 4.79 Å². The number of carbonyl (C=O) groups excluding carboxylic acids is 1. The van der Waals surface area contributed by atoms with E-state index in [1.54, 1.807) is 0 Å². The summed E-state index contributed by atoms with van der Waals surface area (Å²) in [6.45, 7) is 16.6. The largest absolute Gasteiger partial charge is 0.432 e. The van der Waals surface area contributed by atoms with Gasteiger partial charge in [0.1, 0.15) is 24.4 Å². The van der Waals surface area contributed by atoms with Gasteiger partial charge in [-0.05, 0) is 110 Å². The number of rotatable bonds is 4. The van der Waals surface area contributed by atoms with Gasteiger partial charge in [0.15, 0.2) is 0 Å². The molecule has 1 heterocycles. The number of allylic oxidation sites excluding steroid dienone is 1. The van der Waals surface area contributed by atoms with Crippen molar-refractivity contribution in [3.63, 3.8) is 0 Å². The molecule has 6 rings (SSSR count). The van der Waals surface area contributed by atoms with Gasteiger partial charge >= 0.3 is 5.97 Å². The van der Waals surface area contributed by atoms with Crippen molar-refractivity contribution in [2.24, 2.45) is 56.7 Å². The van der Waals surface area contributed by atoms with Crippen LogP contribution in [0.1, 0.15) is 92.9 Å². The standard InChI is InChI=1S/C36H58O10/c1-17(2)18-10-11-36(31(44)46-30-27(42)26(41)25(40)22(16-37)45-30)13-12-34(6)19(24(18)36)8-9-23-33(5)14-21(39)29(43)32(3,4)28(33)20(38)15-35(23,34)7/h18-30,37-43H,1,8-16H2,2-7H3/t18-,19+,20+,21+,22+,23+,24+,25+,26-,27+,28-,29-,30-,33+,34+,35+,36-/m0/s1. The molecule has 6 aliphatic rings. The summed E-state index contributed by atoms with van der Waals surface area (Å²) in [6, 6.07) is 0. The van der Waals surface area contributed by atoms with Crippen LogP contribution in [0.5, 0.6) is 0 Å². The minimum Gasteiger partial charge on any atom is -0.432 e. The van der Waals surface area contributed by atoms with Crippen LogP contribution >= 0.6 is 0 Å². The van der Waals surface area contributed by atoms with Crippen molar-refractivity contribution in [3.05, 3.63) is 12.2 Å². The van der Waals surface area contributed by atoms with Crippen LogP contribution < -0.4 is 0 Å². The second-order valence-corrected chi connectivity index (χ2v) is 17.6. The molecule has 0 unspecified atom stereocenters. The van der Waals surface area contributed by atoms with E-state index in [0.29, 0.717) is 25.7 Å². The van der Waals surface area contributed by atoms with Gasteiger partial charge in [-0.25, -0.2) is 0 Å². The molecular formula is C36H58O10. The number of ether oxygens (including phenoxy) is 2. The number of esters is 1. The fourth-order valence-corrected chi connectivity index (χ4v) is 13.2. The first-order valence-corrected chi connectivity index (χ1v) is 17.5. The Hall–Kier alpha value is -1.11. The molecule has 262 valence electrons. The number of hydrogen-bond acceptors (Lipinski definition) is 10. The Kier molecular flexibility index (Phi) is 8.46. The second kappa shape index (κ2) is 11.2. The predicted molar refractivity (Wildman–Crippen MR) is 168 cm³/mol. The Morgan fingerprint density at radius 2 is 1.52 bits per heavy atom. The molecule has 0 spiro atoms. The molecule has 10 heteroatoms. The quantitative estimate of drug-likeness (QED) is 0.177. The molecule has 0 aromatic heterocycles. The molecular weight excluding hydrogens is 592 g/mol. The van der Waals surface area contributed by atoms with E-state index >= 15 is 0 Å². The highest BCUT2D eigenvalue weighted by atomic mass is 16.7. The van der Waals surface area contributed by atoms with Gasteiger partial charge in [0.2, 0.25) is 6.29 Å². The molecule has 0 aromatic carbocycles. The lowest BCUT2D eigenvalue weighted by Crippen LogP contribution is -2.71. The normalized spacial score (nSPS) is 56.2. The molecule has 0 amide bonds. The molecule has 10 nitrogen and oxygen atoms in total. The highest BCUT2D eigenvalue weighted by molar-refractivity contribution is 5.78. The fraction of sp³-hybridized carbons (Fsp3) is 0.917. The maximum atomic E-state index is 14.4. The lowest BCUT2D eigenvalue weighted by atomic mass is 9.31. The molecule has 7 N–H and O–H groups in total. The van der Waals surface area contributed by atoms with Gasteiger partial charge in [-0.1, -0.05) is 46.8 Å². The summed E-state index contributed by atoms with van der Waals surface area (Å²) >= 11 is 0. The number of fused-ring (bicyclic) bond motifs is 7. The number of carbonyl (C=O) groups is 1. The van der Waals surface area contributed by atoms with Gasteiger partial charge < -0.3 is 45.2 Å². The summed E-state index contributed by atoms with van der Waals surface area (Å²) in [6.07, 6.45) is -4.53. The summed E-state index contributed by atoms with van der Waals surface area (Å²) in [4.78, 5) is 14.4. The summed E-state index contributed by atoms with van der Waals surface area (Å²) in [5, 5.41) is 75.2. The van der Waals surface area contributed by atoms with Gasteiger partial charge in [-0.2, -0.15) is 0 Å². The summed E-state index contributed by atoms with van der Waals surface area (Å²) in [5.41, 5.74) is -1.42. The summed E-state index contributed by atoms with van der Waals surface area (Å²) in [7, 11) is 0. The van der Waals surface area contributed by atoms with E-state index in [-0.39, 0.29) is 45.8 Å². The number of aliphatic hydroxyl groups is 7. The van der Waals surface area contributed by atoms with E-state index < -0.39 is 72.4 Å². The average molecular weight is 651 g/mol. The van der Waals surface area contributed by atoms with Crippen LogP contribution in [0, 0.1) is 56.7 Å². The molecule has 1 saturated heterocycles. The molecule has 0 radical (unpaired) electrons. The fourth-order valence-electron chi connectivity index (χ4n) is 13.2. The van der Waals surface area contributed by atoms with E-state index in [2.05, 4.69) is 27.4 Å². The highest BCUT2D eigenvalue weighted by Crippen LogP contribution is 2.77. The summed E-state index contributed by atoms with van der Waals surface area (Å²) < 4.78 is 11.5. The Bertz CT molecular complexity index is 1220. The Balaban J connectivity index is 1.35. The Morgan fingerprint density at radius 3 is 2.15 bits per heavy atom. The third-order valence-electron chi connectivity index (χ3n) is 15.4. The highest BCUT2D eigenvalue weighted by Gasteiger charge is 2.74. The third-order valence-corrected chi connectivity index (χ3v) is 15.4. The van der Waals surface area contributed by atoms with Crippen LogP contribution in [-0.2, 0) is 14.3 Å². The van der Waals surface area contributed by atoms with Crippen LogP contribution in [0.25, 0.3) is 0 Å². The van der Waals surface area contributed by atoms with Crippen LogP contribution in [0.2, 0.25) is 0 Å². The van der Waals surface area contributed by atoms with Gasteiger partial charge in [0, 0.05) is 0 Å². The molecule has 0 aromatic rings. The zero-order chi connectivity index (χ0) is 33.9. The average Bonchev–Trinajstić information content (AvgIpc) is 3.37. The molecule has 17 atom stereocenters. The van der Waals surface area contributed by atoms with E-state index in [1.165, 1.54) is 0 Å². The number of aliphatic hydroxyl groups excluding tert-OH is 7. The van der Waals surface area contributed by atoms with Crippen LogP contribution in [-0.4, -0.2) is 97.3 Å². The van der Waals surface area contributed by atoms with Gasteiger partial charge in [0.05, 0.1) is 30.3 Å². The molecule has 5 saturated carbocycles. The maximum Gasteiger partial charge on any atom is 0.314 e. The smallest absolute Gasteiger partial charge is 0.314 e. The predicted octanol–water partition coefficient (Wildman–Crippen LogP) is 2.29. The van der Waals surface area contributed by atoms with Crippen LogP contribution in [0.15, 0.2) is 12.2 Å². The van der Waals surface area contributed by atoms with Crippen molar-refractivity contribution in [1.82, 2.24) is 0 Å². The van der Waals surface area contributed by atoms with Crippen molar-refractivity contribution in [2.45, 2.75) is 142 Å². The second-order valence-electron chi connectivity index (χ2n) is 17.6. The van der Waals surface area contributed by atoms with E-state index in [9.17, 15) is 40.5 Å². The zero-order valence-corrected chi connectivity index (χ0v) is 28.4. The van der Waals surface area contributed by atoms with Crippen molar-refractivity contribution < 1.29 is 50.0 Å². The van der Waals surface area contributed by atoms with Crippen LogP contribution in [0.3, 0.4) is 0 Å². The Morgan fingerprint density at radius 1 is 0.848 bits per heavy atom. The minimum absolute atomic E-state index is 0.0783. The third kappa shape index (κ3) is 4.46. The van der Waals surface area contributed by atoms with Crippen molar-refractivity contribution in [3.8, 4) is 0 Å². The van der Waals surface area contributed by atoms with Gasteiger partial charge in [-0.15, -0.1) is 0 Å². The zero-order valence-electron chi connectivity index (χ0n) is 28.4. The van der Waals surface area contributed by atoms with Crippen molar-refractivity contribution >= 4 is 5.97 Å². The van der Waals surface area contributed by atoms with Crippen molar-refractivity contribution in [2.75, 3.05) is 6.61 Å². The van der Waals surface area contributed by atoms with Crippen LogP contribution in [0.4, 0.5) is 0 Å². The van der Waals surface area contributed by atoms with E-state index in [4.69, 9.17) is 9.47 Å².